The van der Waals surface area contributed by atoms with E-state index in [-0.39, 0.29) is 0 Å². The summed E-state index contributed by atoms with van der Waals surface area (Å²) in [4.78, 5) is 0. The topological polar surface area (TPSA) is 26.0 Å². The van der Waals surface area contributed by atoms with Gasteiger partial charge in [-0.2, -0.15) is 0 Å². The molecule has 0 saturated carbocycles. The smallest absolute Gasteiger partial charge is 0.140 e. The van der Waals surface area contributed by atoms with Crippen molar-refractivity contribution < 1.29 is 4.52 Å². The van der Waals surface area contributed by atoms with E-state index in [1.807, 2.05) is 6.20 Å². The van der Waals surface area contributed by atoms with Crippen LogP contribution in [0.15, 0.2) is 10.7 Å². The van der Waals surface area contributed by atoms with Gasteiger partial charge in [0.1, 0.15) is 5.76 Å². The molecule has 1 aliphatic carbocycles. The molecule has 0 aliphatic heterocycles. The average Bonchev–Trinajstić information content (AvgIpc) is 2.36. The lowest BCUT2D eigenvalue weighted by atomic mass is 9.89. The summed E-state index contributed by atoms with van der Waals surface area (Å²) in [6, 6.07) is 0. The van der Waals surface area contributed by atoms with Gasteiger partial charge in [0, 0.05) is 12.0 Å². The van der Waals surface area contributed by atoms with E-state index < -0.39 is 0 Å². The first-order valence-corrected chi connectivity index (χ1v) is 3.81. The Morgan fingerprint density at radius 3 is 3.40 bits per heavy atom. The van der Waals surface area contributed by atoms with Gasteiger partial charge < -0.3 is 4.52 Å². The van der Waals surface area contributed by atoms with E-state index >= 15 is 0 Å². The maximum Gasteiger partial charge on any atom is 0.140 e. The molecule has 0 amide bonds. The Balaban J connectivity index is 2.41. The van der Waals surface area contributed by atoms with Gasteiger partial charge in [0.2, 0.25) is 0 Å². The molecule has 0 N–H and O–H groups in total. The molecular formula is C8H11NO. The summed E-state index contributed by atoms with van der Waals surface area (Å²) < 4.78 is 5.08. The second kappa shape index (κ2) is 2.11. The van der Waals surface area contributed by atoms with Gasteiger partial charge >= 0.3 is 0 Å². The fourth-order valence-corrected chi connectivity index (χ4v) is 1.59. The van der Waals surface area contributed by atoms with Crippen LogP contribution in [0.3, 0.4) is 0 Å². The summed E-state index contributed by atoms with van der Waals surface area (Å²) in [6.07, 6.45) is 5.48. The third kappa shape index (κ3) is 0.753. The normalized spacial score (nSPS) is 24.3. The predicted molar refractivity (Wildman–Crippen MR) is 37.9 cm³/mol. The van der Waals surface area contributed by atoms with Gasteiger partial charge in [0.05, 0.1) is 6.20 Å². The monoisotopic (exact) mass is 137 g/mol. The van der Waals surface area contributed by atoms with E-state index in [4.69, 9.17) is 4.52 Å². The summed E-state index contributed by atoms with van der Waals surface area (Å²) >= 11 is 0. The Labute approximate surface area is 60.2 Å². The Bertz CT molecular complexity index is 229. The van der Waals surface area contributed by atoms with Crippen molar-refractivity contribution in [2.45, 2.75) is 32.1 Å². The molecule has 1 aromatic heterocycles. The second-order valence-corrected chi connectivity index (χ2v) is 3.00. The minimum Gasteiger partial charge on any atom is -0.361 e. The maximum atomic E-state index is 5.08. The minimum atomic E-state index is 0.662. The molecule has 0 fully saturated rings. The molecule has 0 saturated heterocycles. The highest BCUT2D eigenvalue weighted by Gasteiger charge is 2.19. The maximum absolute atomic E-state index is 5.08. The first-order valence-electron chi connectivity index (χ1n) is 3.81. The molecule has 2 rings (SSSR count). The van der Waals surface area contributed by atoms with Crippen LogP contribution in [0, 0.1) is 0 Å². The van der Waals surface area contributed by atoms with E-state index in [2.05, 4.69) is 12.1 Å². The van der Waals surface area contributed by atoms with Crippen molar-refractivity contribution in [2.75, 3.05) is 0 Å². The highest BCUT2D eigenvalue weighted by atomic mass is 16.5. The van der Waals surface area contributed by atoms with Crippen molar-refractivity contribution in [3.8, 4) is 0 Å². The number of fused-ring (bicyclic) bond motifs is 1. The highest BCUT2D eigenvalue weighted by molar-refractivity contribution is 5.20. The van der Waals surface area contributed by atoms with E-state index in [9.17, 15) is 0 Å². The van der Waals surface area contributed by atoms with Crippen LogP contribution in [0.4, 0.5) is 0 Å². The molecule has 0 spiro atoms. The fraction of sp³-hybridized carbons (Fsp3) is 0.625. The lowest BCUT2D eigenvalue weighted by Gasteiger charge is -2.14. The zero-order valence-electron chi connectivity index (χ0n) is 6.13. The lowest BCUT2D eigenvalue weighted by Crippen LogP contribution is -2.03. The molecule has 54 valence electrons. The minimum absolute atomic E-state index is 0.662. The zero-order chi connectivity index (χ0) is 6.97. The number of aromatic nitrogens is 1. The van der Waals surface area contributed by atoms with E-state index in [0.29, 0.717) is 5.92 Å². The summed E-state index contributed by atoms with van der Waals surface area (Å²) in [7, 11) is 0. The Hall–Kier alpha value is -0.790. The van der Waals surface area contributed by atoms with Crippen LogP contribution in [0.25, 0.3) is 0 Å². The van der Waals surface area contributed by atoms with Gasteiger partial charge in [-0.1, -0.05) is 12.1 Å². The fourth-order valence-electron chi connectivity index (χ4n) is 1.59. The molecule has 0 bridgehead atoms. The van der Waals surface area contributed by atoms with Crippen molar-refractivity contribution in [1.29, 1.82) is 0 Å². The van der Waals surface area contributed by atoms with Gasteiger partial charge in [-0.3, -0.25) is 0 Å². The molecule has 1 aliphatic rings. The second-order valence-electron chi connectivity index (χ2n) is 3.00. The standard InChI is InChI=1S/C8H11NO/c1-6-3-2-4-8-7(6)5-9-10-8/h5-6H,2-4H2,1H3. The molecule has 2 nitrogen and oxygen atoms in total. The van der Waals surface area contributed by atoms with E-state index in [0.717, 1.165) is 12.2 Å². The lowest BCUT2D eigenvalue weighted by molar-refractivity contribution is 0.367. The van der Waals surface area contributed by atoms with Crippen LogP contribution in [-0.4, -0.2) is 5.16 Å². The quantitative estimate of drug-likeness (QED) is 0.547. The van der Waals surface area contributed by atoms with Crippen LogP contribution in [0.5, 0.6) is 0 Å². The molecule has 10 heavy (non-hydrogen) atoms. The third-order valence-corrected chi connectivity index (χ3v) is 2.25. The summed E-state index contributed by atoms with van der Waals surface area (Å²) in [5, 5.41) is 3.78. The zero-order valence-corrected chi connectivity index (χ0v) is 6.13. The molecule has 1 heterocycles. The number of nitrogens with zero attached hydrogens (tertiary/aromatic N) is 1. The van der Waals surface area contributed by atoms with Crippen LogP contribution < -0.4 is 0 Å². The molecule has 1 atom stereocenters. The van der Waals surface area contributed by atoms with Crippen LogP contribution >= 0.6 is 0 Å². The molecule has 2 heteroatoms. The summed E-state index contributed by atoms with van der Waals surface area (Å²) in [5.74, 6) is 1.77. The Morgan fingerprint density at radius 2 is 2.60 bits per heavy atom. The van der Waals surface area contributed by atoms with E-state index in [1.165, 1.54) is 18.4 Å². The molecule has 1 aromatic rings. The molecule has 0 aromatic carbocycles. The third-order valence-electron chi connectivity index (χ3n) is 2.25. The predicted octanol–water partition coefficient (Wildman–Crippen LogP) is 2.11. The number of aryl methyl sites for hydroxylation is 1. The molecule has 0 radical (unpaired) electrons. The molecule has 1 unspecified atom stereocenters. The summed E-state index contributed by atoms with van der Waals surface area (Å²) in [6.45, 7) is 2.23. The van der Waals surface area contributed by atoms with Gasteiger partial charge in [-0.05, 0) is 18.8 Å². The van der Waals surface area contributed by atoms with Crippen LogP contribution in [-0.2, 0) is 6.42 Å². The van der Waals surface area contributed by atoms with Gasteiger partial charge in [0.25, 0.3) is 0 Å². The van der Waals surface area contributed by atoms with Crippen molar-refractivity contribution in [2.24, 2.45) is 0 Å². The van der Waals surface area contributed by atoms with Gasteiger partial charge in [-0.25, -0.2) is 0 Å². The Morgan fingerprint density at radius 1 is 1.70 bits per heavy atom. The van der Waals surface area contributed by atoms with Crippen LogP contribution in [0.1, 0.15) is 37.0 Å². The Kier molecular flexibility index (Phi) is 1.26. The summed E-state index contributed by atoms with van der Waals surface area (Å²) in [5.41, 5.74) is 1.33. The van der Waals surface area contributed by atoms with Crippen molar-refractivity contribution in [3.63, 3.8) is 0 Å². The average molecular weight is 137 g/mol. The first kappa shape index (κ1) is 5.96. The molecular weight excluding hydrogens is 126 g/mol. The van der Waals surface area contributed by atoms with Crippen molar-refractivity contribution in [1.82, 2.24) is 5.16 Å². The number of hydrogen-bond donors (Lipinski definition) is 0. The van der Waals surface area contributed by atoms with E-state index in [1.54, 1.807) is 0 Å². The highest BCUT2D eigenvalue weighted by Crippen LogP contribution is 2.30. The van der Waals surface area contributed by atoms with Crippen LogP contribution in [0.2, 0.25) is 0 Å². The first-order chi connectivity index (χ1) is 4.88. The largest absolute Gasteiger partial charge is 0.361 e. The van der Waals surface area contributed by atoms with Crippen molar-refractivity contribution in [3.05, 3.63) is 17.5 Å². The van der Waals surface area contributed by atoms with Gasteiger partial charge in [-0.15, -0.1) is 0 Å². The van der Waals surface area contributed by atoms with Gasteiger partial charge in [0.15, 0.2) is 0 Å². The SMILES string of the molecule is CC1CCCc2oncc21. The number of hydrogen-bond acceptors (Lipinski definition) is 2. The van der Waals surface area contributed by atoms with Crippen molar-refractivity contribution >= 4 is 0 Å². The number of rotatable bonds is 0.